The number of hydrogen-bond donors (Lipinski definition) is 0. The molecule has 2 aliphatic carbocycles. The van der Waals surface area contributed by atoms with Gasteiger partial charge in [0.2, 0.25) is 0 Å². The summed E-state index contributed by atoms with van der Waals surface area (Å²) in [4.78, 5) is 0. The van der Waals surface area contributed by atoms with Gasteiger partial charge in [0.1, 0.15) is 0 Å². The fourth-order valence-corrected chi connectivity index (χ4v) is 17.8. The first kappa shape index (κ1) is 32.1. The first-order chi connectivity index (χ1) is 22.1. The standard InChI is InChI=1S/C17H17.C14H23.C13H10.Zr/c1-3-12-5-7-16-14(9-12)11-15-10-13(4-2)6-8-17(15)16;1-4-7-12-10-11-13(8-5-2)14(12)9-6-3;1-3-7-12(8-4-1)11-13-9-5-2-6-10-13;/h5-11H,3-4H2,1-2H3;4-10H2,1-3H3;1-10H;. The summed E-state index contributed by atoms with van der Waals surface area (Å²) in [5, 5.41) is 0. The monoisotopic (exact) mass is 668 g/mol. The molecule has 2 aliphatic rings. The van der Waals surface area contributed by atoms with Crippen LogP contribution in [-0.2, 0) is 34.1 Å². The molecule has 0 nitrogen and oxygen atoms in total. The molecule has 0 bridgehead atoms. The molecule has 0 radical (unpaired) electrons. The molecule has 0 aliphatic heterocycles. The zero-order valence-corrected chi connectivity index (χ0v) is 30.6. The van der Waals surface area contributed by atoms with E-state index >= 15 is 0 Å². The molecule has 0 aromatic heterocycles. The minimum absolute atomic E-state index is 0.469. The maximum atomic E-state index is 2.61. The Hall–Kier alpha value is -2.89. The van der Waals surface area contributed by atoms with E-state index in [9.17, 15) is 0 Å². The summed E-state index contributed by atoms with van der Waals surface area (Å²) in [5.74, 6) is 0. The molecular weight excluding hydrogens is 620 g/mol. The molecule has 1 heteroatoms. The number of hydrogen-bond acceptors (Lipinski definition) is 0. The average Bonchev–Trinajstić information content (AvgIpc) is 3.58. The van der Waals surface area contributed by atoms with Crippen molar-refractivity contribution in [3.63, 3.8) is 0 Å². The molecule has 0 spiro atoms. The van der Waals surface area contributed by atoms with E-state index in [2.05, 4.69) is 132 Å². The van der Waals surface area contributed by atoms with Gasteiger partial charge < -0.3 is 0 Å². The van der Waals surface area contributed by atoms with E-state index in [0.29, 0.717) is 3.63 Å². The fraction of sp³-hybridized carbons (Fsp3) is 0.341. The van der Waals surface area contributed by atoms with Crippen LogP contribution in [0.4, 0.5) is 0 Å². The predicted octanol–water partition coefficient (Wildman–Crippen LogP) is 12.1. The van der Waals surface area contributed by atoms with Crippen molar-refractivity contribution in [3.8, 4) is 11.1 Å². The fourth-order valence-electron chi connectivity index (χ4n) is 8.02. The Morgan fingerprint density at radius 3 is 1.53 bits per heavy atom. The van der Waals surface area contributed by atoms with Crippen LogP contribution in [0.5, 0.6) is 0 Å². The number of aryl methyl sites for hydroxylation is 2. The molecule has 230 valence electrons. The Kier molecular flexibility index (Phi) is 10.5. The Morgan fingerprint density at radius 1 is 0.578 bits per heavy atom. The third-order valence-corrected chi connectivity index (χ3v) is 18.5. The maximum absolute atomic E-state index is 2.80. The average molecular weight is 670 g/mol. The predicted molar refractivity (Wildman–Crippen MR) is 192 cm³/mol. The Morgan fingerprint density at radius 2 is 1.07 bits per heavy atom. The summed E-state index contributed by atoms with van der Waals surface area (Å²) in [7, 11) is 0. The molecule has 0 saturated carbocycles. The molecule has 0 unspecified atom stereocenters. The van der Waals surface area contributed by atoms with Crippen molar-refractivity contribution in [3.05, 3.63) is 150 Å². The second kappa shape index (κ2) is 14.7. The molecule has 0 fully saturated rings. The SMILES string of the molecule is CCCC1=C(CCC)C(CCC)=[C]([Zr](=[C](c2ccccc2)c2ccccc2)[CH]2c3cc(CC)ccc3-c3ccc(CC)cc32)C1. The topological polar surface area (TPSA) is 0 Å². The molecule has 0 amide bonds. The summed E-state index contributed by atoms with van der Waals surface area (Å²) >= 11 is -2.80. The molecule has 4 aromatic rings. The van der Waals surface area contributed by atoms with Crippen LogP contribution in [0, 0.1) is 0 Å². The van der Waals surface area contributed by atoms with Gasteiger partial charge in [-0.1, -0.05) is 0 Å². The van der Waals surface area contributed by atoms with Crippen LogP contribution in [0.3, 0.4) is 0 Å². The van der Waals surface area contributed by atoms with Crippen LogP contribution >= 0.6 is 0 Å². The molecule has 0 atom stereocenters. The zero-order chi connectivity index (χ0) is 31.3. The van der Waals surface area contributed by atoms with Crippen molar-refractivity contribution in [2.75, 3.05) is 0 Å². The third-order valence-electron chi connectivity index (χ3n) is 10.1. The summed E-state index contributed by atoms with van der Waals surface area (Å²) in [6.07, 6.45) is 10.7. The second-order valence-corrected chi connectivity index (χ2v) is 19.1. The van der Waals surface area contributed by atoms with Gasteiger partial charge in [-0.15, -0.1) is 0 Å². The van der Waals surface area contributed by atoms with Crippen LogP contribution in [0.25, 0.3) is 11.1 Å². The minimum atomic E-state index is -2.80. The quantitative estimate of drug-likeness (QED) is 0.141. The van der Waals surface area contributed by atoms with E-state index in [-0.39, 0.29) is 0 Å². The number of allylic oxidation sites excluding steroid dienone is 4. The van der Waals surface area contributed by atoms with Crippen LogP contribution < -0.4 is 0 Å². The first-order valence-corrected chi connectivity index (χ1v) is 21.6. The molecule has 0 saturated heterocycles. The van der Waals surface area contributed by atoms with Crippen LogP contribution in [-0.4, -0.2) is 3.21 Å². The van der Waals surface area contributed by atoms with E-state index in [0.717, 1.165) is 12.8 Å². The molecule has 4 aromatic carbocycles. The molecule has 0 N–H and O–H groups in total. The van der Waals surface area contributed by atoms with E-state index in [1.165, 1.54) is 78.3 Å². The van der Waals surface area contributed by atoms with E-state index in [4.69, 9.17) is 0 Å². The molecular formula is C44H50Zr. The van der Waals surface area contributed by atoms with Gasteiger partial charge in [0.15, 0.2) is 0 Å². The summed E-state index contributed by atoms with van der Waals surface area (Å²) in [6, 6.07) is 38.0. The van der Waals surface area contributed by atoms with Crippen molar-refractivity contribution in [1.82, 2.24) is 0 Å². The molecule has 45 heavy (non-hydrogen) atoms. The van der Waals surface area contributed by atoms with Gasteiger partial charge >= 0.3 is 282 Å². The number of fused-ring (bicyclic) bond motifs is 3. The second-order valence-electron chi connectivity index (χ2n) is 13.0. The van der Waals surface area contributed by atoms with Crippen LogP contribution in [0.2, 0.25) is 0 Å². The van der Waals surface area contributed by atoms with Crippen molar-refractivity contribution in [2.45, 2.75) is 96.0 Å². The van der Waals surface area contributed by atoms with Gasteiger partial charge in [-0.3, -0.25) is 0 Å². The Labute approximate surface area is 280 Å². The first-order valence-electron chi connectivity index (χ1n) is 17.7. The van der Waals surface area contributed by atoms with Crippen LogP contribution in [0.15, 0.2) is 117 Å². The van der Waals surface area contributed by atoms with Crippen molar-refractivity contribution >= 4 is 3.21 Å². The van der Waals surface area contributed by atoms with Gasteiger partial charge in [-0.25, -0.2) is 0 Å². The molecule has 6 rings (SSSR count). The van der Waals surface area contributed by atoms with Crippen molar-refractivity contribution in [1.29, 1.82) is 0 Å². The van der Waals surface area contributed by atoms with Crippen LogP contribution in [0.1, 0.15) is 117 Å². The van der Waals surface area contributed by atoms with Crippen molar-refractivity contribution < 1.29 is 21.3 Å². The van der Waals surface area contributed by atoms with Gasteiger partial charge in [-0.2, -0.15) is 0 Å². The third kappa shape index (κ3) is 6.28. The Balaban J connectivity index is 1.77. The van der Waals surface area contributed by atoms with E-state index < -0.39 is 21.3 Å². The van der Waals surface area contributed by atoms with Gasteiger partial charge in [0.05, 0.1) is 0 Å². The normalized spacial score (nSPS) is 14.2. The summed E-state index contributed by atoms with van der Waals surface area (Å²) < 4.78 is 4.04. The zero-order valence-electron chi connectivity index (χ0n) is 28.2. The van der Waals surface area contributed by atoms with Crippen molar-refractivity contribution in [2.24, 2.45) is 0 Å². The van der Waals surface area contributed by atoms with E-state index in [1.807, 2.05) is 3.28 Å². The van der Waals surface area contributed by atoms with Gasteiger partial charge in [0.25, 0.3) is 0 Å². The Bertz CT molecular complexity index is 1650. The number of benzene rings is 4. The van der Waals surface area contributed by atoms with E-state index in [1.54, 1.807) is 31.1 Å². The summed E-state index contributed by atoms with van der Waals surface area (Å²) in [6.45, 7) is 11.8. The molecule has 0 heterocycles. The summed E-state index contributed by atoms with van der Waals surface area (Å²) in [5.41, 5.74) is 17.3. The van der Waals surface area contributed by atoms with Gasteiger partial charge in [-0.05, 0) is 0 Å². The van der Waals surface area contributed by atoms with Gasteiger partial charge in [0, 0.05) is 0 Å². The number of rotatable bonds is 12.